The van der Waals surface area contributed by atoms with Crippen molar-refractivity contribution in [2.75, 3.05) is 5.32 Å². The molecule has 2 aromatic heterocycles. The van der Waals surface area contributed by atoms with Gasteiger partial charge in [0.15, 0.2) is 0 Å². The highest BCUT2D eigenvalue weighted by Gasteiger charge is 2.21. The molecule has 0 aliphatic heterocycles. The first kappa shape index (κ1) is 25.3. The van der Waals surface area contributed by atoms with Crippen molar-refractivity contribution in [3.05, 3.63) is 98.6 Å². The van der Waals surface area contributed by atoms with Crippen LogP contribution in [-0.4, -0.2) is 27.0 Å². The van der Waals surface area contributed by atoms with Gasteiger partial charge >= 0.3 is 5.69 Å². The molecule has 0 spiro atoms. The molecule has 2 amide bonds. The lowest BCUT2D eigenvalue weighted by Crippen LogP contribution is -2.42. The minimum atomic E-state index is -0.661. The fourth-order valence-electron chi connectivity index (χ4n) is 5.03. The van der Waals surface area contributed by atoms with Crippen molar-refractivity contribution in [2.24, 2.45) is 0 Å². The average molecular weight is 515 g/mol. The number of hydrogen-bond acceptors (Lipinski definition) is 5. The third-order valence-corrected chi connectivity index (χ3v) is 7.05. The molecule has 0 radical (unpaired) electrons. The van der Waals surface area contributed by atoms with E-state index in [2.05, 4.69) is 10.6 Å². The standard InChI is InChI=1S/C29H30N4O5/c1-2-19-8-3-6-12-24(19)31-26(34)18-32-25-16-20(27(35)30-21-9-4-5-10-21)13-14-23(25)28(36)33(29(32)37)17-22-11-7-15-38-22/h3,6-8,11-16,21H,2,4-5,9-10,17-18H2,1H3,(H,30,35)(H,31,34). The van der Waals surface area contributed by atoms with E-state index in [1.807, 2.05) is 25.1 Å². The Morgan fingerprint density at radius 3 is 2.53 bits per heavy atom. The molecule has 4 aromatic rings. The number of hydrogen-bond donors (Lipinski definition) is 2. The van der Waals surface area contributed by atoms with E-state index in [4.69, 9.17) is 4.42 Å². The number of nitrogens with zero attached hydrogens (tertiary/aromatic N) is 2. The third-order valence-electron chi connectivity index (χ3n) is 7.05. The van der Waals surface area contributed by atoms with Crippen LogP contribution in [0.15, 0.2) is 74.9 Å². The van der Waals surface area contributed by atoms with Crippen molar-refractivity contribution in [1.29, 1.82) is 0 Å². The Kier molecular flexibility index (Phi) is 7.26. The van der Waals surface area contributed by atoms with Crippen LogP contribution in [0.3, 0.4) is 0 Å². The molecule has 9 heteroatoms. The summed E-state index contributed by atoms with van der Waals surface area (Å²) in [6, 6.07) is 15.6. The van der Waals surface area contributed by atoms with Crippen molar-refractivity contribution in [3.8, 4) is 0 Å². The quantitative estimate of drug-likeness (QED) is 0.372. The van der Waals surface area contributed by atoms with E-state index in [1.165, 1.54) is 16.9 Å². The van der Waals surface area contributed by atoms with Gasteiger partial charge in [0.25, 0.3) is 11.5 Å². The predicted molar refractivity (Wildman–Crippen MR) is 144 cm³/mol. The van der Waals surface area contributed by atoms with Crippen molar-refractivity contribution in [3.63, 3.8) is 0 Å². The normalized spacial score (nSPS) is 13.6. The molecule has 9 nitrogen and oxygen atoms in total. The summed E-state index contributed by atoms with van der Waals surface area (Å²) in [5.74, 6) is -0.249. The Morgan fingerprint density at radius 2 is 1.79 bits per heavy atom. The highest BCUT2D eigenvalue weighted by atomic mass is 16.3. The topological polar surface area (TPSA) is 115 Å². The molecule has 0 atom stereocenters. The molecule has 38 heavy (non-hydrogen) atoms. The Bertz CT molecular complexity index is 1590. The van der Waals surface area contributed by atoms with Crippen molar-refractivity contribution in [1.82, 2.24) is 14.5 Å². The molecule has 2 aromatic carbocycles. The third kappa shape index (κ3) is 5.18. The summed E-state index contributed by atoms with van der Waals surface area (Å²) in [7, 11) is 0. The molecule has 1 fully saturated rings. The monoisotopic (exact) mass is 514 g/mol. The van der Waals surface area contributed by atoms with Crippen molar-refractivity contribution in [2.45, 2.75) is 58.2 Å². The Balaban J connectivity index is 1.56. The number of nitrogens with one attached hydrogen (secondary N) is 2. The van der Waals surface area contributed by atoms with Crippen LogP contribution in [0.1, 0.15) is 54.3 Å². The maximum absolute atomic E-state index is 13.6. The first-order valence-electron chi connectivity index (χ1n) is 12.9. The number of rotatable bonds is 8. The maximum atomic E-state index is 13.6. The largest absolute Gasteiger partial charge is 0.467 e. The molecule has 1 aliphatic carbocycles. The van der Waals surface area contributed by atoms with Gasteiger partial charge in [0, 0.05) is 17.3 Å². The van der Waals surface area contributed by atoms with Crippen molar-refractivity contribution < 1.29 is 14.0 Å². The highest BCUT2D eigenvalue weighted by Crippen LogP contribution is 2.20. The van der Waals surface area contributed by atoms with Gasteiger partial charge < -0.3 is 15.1 Å². The van der Waals surface area contributed by atoms with Gasteiger partial charge in [-0.15, -0.1) is 0 Å². The minimum absolute atomic E-state index is 0.0786. The van der Waals surface area contributed by atoms with Crippen LogP contribution in [0.5, 0.6) is 0 Å². The van der Waals surface area contributed by atoms with Crippen LogP contribution >= 0.6 is 0 Å². The zero-order chi connectivity index (χ0) is 26.6. The van der Waals surface area contributed by atoms with E-state index >= 15 is 0 Å². The van der Waals surface area contributed by atoms with E-state index in [9.17, 15) is 19.2 Å². The molecule has 0 bridgehead atoms. The average Bonchev–Trinajstić information content (AvgIpc) is 3.63. The molecule has 2 N–H and O–H groups in total. The fraction of sp³-hybridized carbons (Fsp3) is 0.310. The van der Waals surface area contributed by atoms with Gasteiger partial charge in [-0.05, 0) is 61.2 Å². The maximum Gasteiger partial charge on any atom is 0.332 e. The zero-order valence-corrected chi connectivity index (χ0v) is 21.2. The molecule has 0 saturated heterocycles. The van der Waals surface area contributed by atoms with Gasteiger partial charge in [-0.25, -0.2) is 4.79 Å². The summed E-state index contributed by atoms with van der Waals surface area (Å²) in [5, 5.41) is 6.15. The number of fused-ring (bicyclic) bond motifs is 1. The minimum Gasteiger partial charge on any atom is -0.467 e. The zero-order valence-electron chi connectivity index (χ0n) is 21.2. The second kappa shape index (κ2) is 10.9. The second-order valence-electron chi connectivity index (χ2n) is 9.59. The first-order chi connectivity index (χ1) is 18.4. The molecule has 1 aliphatic rings. The summed E-state index contributed by atoms with van der Waals surface area (Å²) in [6.07, 6.45) is 6.21. The van der Waals surface area contributed by atoms with Gasteiger partial charge in [-0.3, -0.25) is 23.5 Å². The van der Waals surface area contributed by atoms with Gasteiger partial charge in [0.2, 0.25) is 5.91 Å². The van der Waals surface area contributed by atoms with E-state index < -0.39 is 17.2 Å². The van der Waals surface area contributed by atoms with E-state index in [-0.39, 0.29) is 35.9 Å². The molecule has 2 heterocycles. The summed E-state index contributed by atoms with van der Waals surface area (Å²) in [6.45, 7) is 1.58. The number of carbonyl (C=O) groups is 2. The molecule has 5 rings (SSSR count). The van der Waals surface area contributed by atoms with E-state index in [0.29, 0.717) is 17.0 Å². The number of amides is 2. The number of benzene rings is 2. The van der Waals surface area contributed by atoms with E-state index in [1.54, 1.807) is 30.3 Å². The van der Waals surface area contributed by atoms with Crippen LogP contribution in [0.4, 0.5) is 5.69 Å². The molecule has 0 unspecified atom stereocenters. The second-order valence-corrected chi connectivity index (χ2v) is 9.59. The van der Waals surface area contributed by atoms with Gasteiger partial charge in [0.1, 0.15) is 12.3 Å². The number of anilines is 1. The molecular weight excluding hydrogens is 484 g/mol. The molecule has 1 saturated carbocycles. The smallest absolute Gasteiger partial charge is 0.332 e. The number of aryl methyl sites for hydroxylation is 1. The predicted octanol–water partition coefficient (Wildman–Crippen LogP) is 3.68. The number of para-hydroxylation sites is 1. The lowest BCUT2D eigenvalue weighted by molar-refractivity contribution is -0.116. The van der Waals surface area contributed by atoms with Gasteiger partial charge in [-0.1, -0.05) is 38.0 Å². The Hall–Kier alpha value is -4.40. The van der Waals surface area contributed by atoms with Gasteiger partial charge in [0.05, 0.1) is 23.7 Å². The summed E-state index contributed by atoms with van der Waals surface area (Å²) in [5.41, 5.74) is 1.01. The van der Waals surface area contributed by atoms with E-state index in [0.717, 1.165) is 42.2 Å². The molecule has 196 valence electrons. The lowest BCUT2D eigenvalue weighted by atomic mass is 10.1. The van der Waals surface area contributed by atoms with Crippen LogP contribution < -0.4 is 21.9 Å². The summed E-state index contributed by atoms with van der Waals surface area (Å²) in [4.78, 5) is 53.1. The highest BCUT2D eigenvalue weighted by molar-refractivity contribution is 5.98. The lowest BCUT2D eigenvalue weighted by Gasteiger charge is -2.16. The van der Waals surface area contributed by atoms with Crippen LogP contribution in [-0.2, 0) is 24.3 Å². The first-order valence-corrected chi connectivity index (χ1v) is 12.9. The number of aromatic nitrogens is 2. The summed E-state index contributed by atoms with van der Waals surface area (Å²) >= 11 is 0. The van der Waals surface area contributed by atoms with Crippen LogP contribution in [0, 0.1) is 0 Å². The van der Waals surface area contributed by atoms with Crippen LogP contribution in [0.2, 0.25) is 0 Å². The molecular formula is C29H30N4O5. The fourth-order valence-corrected chi connectivity index (χ4v) is 5.03. The SMILES string of the molecule is CCc1ccccc1NC(=O)Cn1c(=O)n(Cc2ccco2)c(=O)c2ccc(C(=O)NC3CCCC3)cc21. The Labute approximate surface area is 219 Å². The van der Waals surface area contributed by atoms with Crippen LogP contribution in [0.25, 0.3) is 10.9 Å². The van der Waals surface area contributed by atoms with Crippen molar-refractivity contribution >= 4 is 28.4 Å². The Morgan fingerprint density at radius 1 is 1.00 bits per heavy atom. The van der Waals surface area contributed by atoms with Gasteiger partial charge in [-0.2, -0.15) is 0 Å². The number of carbonyl (C=O) groups excluding carboxylic acids is 2. The number of furan rings is 1. The summed E-state index contributed by atoms with van der Waals surface area (Å²) < 4.78 is 7.65.